The van der Waals surface area contributed by atoms with Crippen LogP contribution in [0.1, 0.15) is 51.9 Å². The average Bonchev–Trinajstić information content (AvgIpc) is 2.88. The number of nitrogens with zero attached hydrogens (tertiary/aromatic N) is 3. The van der Waals surface area contributed by atoms with E-state index in [0.717, 1.165) is 12.8 Å². The maximum Gasteiger partial charge on any atom is 0.294 e. The van der Waals surface area contributed by atoms with Gasteiger partial charge in [-0.3, -0.25) is 4.99 Å². The lowest BCUT2D eigenvalue weighted by molar-refractivity contribution is -0.676. The molecule has 2 atom stereocenters. The molecule has 4 nitrogen and oxygen atoms in total. The van der Waals surface area contributed by atoms with Gasteiger partial charge in [-0.2, -0.15) is 0 Å². The molecular weight excluding hydrogens is 214 g/mol. The van der Waals surface area contributed by atoms with Crippen LogP contribution in [0.4, 0.5) is 0 Å². The van der Waals surface area contributed by atoms with Crippen molar-refractivity contribution in [1.82, 2.24) is 0 Å². The molecule has 0 amide bonds. The lowest BCUT2D eigenvalue weighted by Crippen LogP contribution is -2.42. The Bertz CT molecular complexity index is 374. The van der Waals surface area contributed by atoms with Gasteiger partial charge in [0.25, 0.3) is 1.43 Å². The van der Waals surface area contributed by atoms with Gasteiger partial charge in [-0.1, -0.05) is 0 Å². The molecule has 4 rings (SSSR count). The number of fused-ring (bicyclic) bond motifs is 2. The second-order valence-corrected chi connectivity index (χ2v) is 5.73. The summed E-state index contributed by atoms with van der Waals surface area (Å²) in [6, 6.07) is 2.19. The predicted octanol–water partition coefficient (Wildman–Crippen LogP) is 2.67. The van der Waals surface area contributed by atoms with Crippen LogP contribution in [-0.4, -0.2) is 39.9 Å². The van der Waals surface area contributed by atoms with Crippen molar-refractivity contribution in [3.8, 4) is 0 Å². The first-order valence-corrected chi connectivity index (χ1v) is 6.93. The second-order valence-electron chi connectivity index (χ2n) is 5.73. The third kappa shape index (κ3) is 2.22. The van der Waals surface area contributed by atoms with Crippen LogP contribution in [0.15, 0.2) is 10.1 Å². The van der Waals surface area contributed by atoms with Crippen LogP contribution in [0.5, 0.6) is 0 Å². The number of hydrogen-bond donors (Lipinski definition) is 1. The van der Waals surface area contributed by atoms with E-state index in [1.165, 1.54) is 32.1 Å². The summed E-state index contributed by atoms with van der Waals surface area (Å²) >= 11 is 0. The van der Waals surface area contributed by atoms with E-state index in [1.54, 1.807) is 6.92 Å². The van der Waals surface area contributed by atoms with E-state index in [-0.39, 0.29) is 0 Å². The van der Waals surface area contributed by atoms with Crippen LogP contribution in [0, 0.1) is 0 Å². The molecule has 4 heteroatoms. The van der Waals surface area contributed by atoms with Crippen molar-refractivity contribution in [3.63, 3.8) is 0 Å². The van der Waals surface area contributed by atoms with Gasteiger partial charge in [0.1, 0.15) is 6.04 Å². The molecule has 0 aromatic heterocycles. The number of aliphatic hydroxyl groups is 1. The first kappa shape index (κ1) is 10.0. The summed E-state index contributed by atoms with van der Waals surface area (Å²) in [7, 11) is 0. The molecule has 0 spiro atoms. The molecule has 2 unspecified atom stereocenters. The molecular formula is C13H22N3O+. The third-order valence-electron chi connectivity index (χ3n) is 4.45. The van der Waals surface area contributed by atoms with Gasteiger partial charge in [-0.05, 0) is 24.4 Å². The number of aliphatic hydroxyl groups excluding tert-OH is 1. The van der Waals surface area contributed by atoms with Crippen LogP contribution in [-0.2, 0) is 0 Å². The molecule has 0 radical (unpaired) electrons. The second kappa shape index (κ2) is 4.39. The highest BCUT2D eigenvalue weighted by atomic mass is 16.3. The maximum absolute atomic E-state index is 6.83. The fourth-order valence-corrected chi connectivity index (χ4v) is 3.66. The van der Waals surface area contributed by atoms with Crippen molar-refractivity contribution < 1.29 is 9.81 Å². The smallest absolute Gasteiger partial charge is 0.294 e. The monoisotopic (exact) mass is 237 g/mol. The van der Waals surface area contributed by atoms with Crippen LogP contribution in [0.2, 0.25) is 0 Å². The topological polar surface area (TPSA) is 48.0 Å². The molecule has 2 aliphatic heterocycles. The summed E-state index contributed by atoms with van der Waals surface area (Å²) in [5.74, 6) is 0.484. The van der Waals surface area contributed by atoms with Gasteiger partial charge >= 0.3 is 0 Å². The summed E-state index contributed by atoms with van der Waals surface area (Å²) < 4.78 is 9.23. The molecule has 0 aromatic rings. The van der Waals surface area contributed by atoms with Gasteiger partial charge in [0, 0.05) is 32.6 Å². The van der Waals surface area contributed by atoms with E-state index >= 15 is 0 Å². The summed E-state index contributed by atoms with van der Waals surface area (Å²) in [6.07, 6.45) is 8.61. The van der Waals surface area contributed by atoms with E-state index in [4.69, 9.17) is 6.55 Å². The first-order chi connectivity index (χ1) is 8.76. The molecule has 2 saturated carbocycles. The molecule has 17 heavy (non-hydrogen) atoms. The molecule has 0 aromatic carbocycles. The summed E-state index contributed by atoms with van der Waals surface area (Å²) in [6.45, 7) is 1.76. The van der Waals surface area contributed by atoms with Gasteiger partial charge in [-0.15, -0.1) is 4.70 Å². The Morgan fingerprint density at radius 1 is 1.24 bits per heavy atom. The lowest BCUT2D eigenvalue weighted by Gasteiger charge is -2.30. The van der Waals surface area contributed by atoms with Crippen LogP contribution in [0.25, 0.3) is 1.43 Å². The molecule has 1 N–H and O–H groups in total. The quantitative estimate of drug-likeness (QED) is 0.448. The Kier molecular flexibility index (Phi) is 2.59. The Hall–Kier alpha value is -0.930. The Morgan fingerprint density at radius 2 is 2.00 bits per heavy atom. The van der Waals surface area contributed by atoms with Crippen molar-refractivity contribution in [2.75, 3.05) is 0 Å². The van der Waals surface area contributed by atoms with E-state index in [1.807, 2.05) is 0 Å². The highest BCUT2D eigenvalue weighted by Crippen LogP contribution is 2.35. The first-order valence-electron chi connectivity index (χ1n) is 7.33. The van der Waals surface area contributed by atoms with Crippen LogP contribution in [0.3, 0.4) is 0 Å². The molecule has 94 valence electrons. The number of hydrogen-bond acceptors (Lipinski definition) is 3. The van der Waals surface area contributed by atoms with Crippen molar-refractivity contribution in [3.05, 3.63) is 0 Å². The standard InChI is InChI=1S/C13H21N3O/c1-9(17)14-11-4-7-13(8-11)16-12-5-2-10(15-16)3-6-12/h10-13H,2-8H2,1H3/p+1/i/hD. The van der Waals surface area contributed by atoms with E-state index < -0.39 is 0 Å². The average molecular weight is 237 g/mol. The van der Waals surface area contributed by atoms with Crippen molar-refractivity contribution in [1.29, 1.82) is 1.43 Å². The highest BCUT2D eigenvalue weighted by molar-refractivity contribution is 5.70. The van der Waals surface area contributed by atoms with Gasteiger partial charge in [0.15, 0.2) is 18.0 Å². The van der Waals surface area contributed by atoms with E-state index in [0.29, 0.717) is 30.1 Å². The zero-order valence-corrected chi connectivity index (χ0v) is 10.5. The largest absolute Gasteiger partial charge is 0.497 e. The minimum atomic E-state index is 0.330. The molecule has 2 fully saturated rings. The Labute approximate surface area is 104 Å². The zero-order valence-electron chi connectivity index (χ0n) is 11.5. The molecule has 0 saturated heterocycles. The van der Waals surface area contributed by atoms with Gasteiger partial charge < -0.3 is 5.11 Å². The predicted molar refractivity (Wildman–Crippen MR) is 65.9 cm³/mol. The normalized spacial score (nSPS) is 42.3. The summed E-state index contributed by atoms with van der Waals surface area (Å²) in [5.41, 5.74) is 0. The summed E-state index contributed by atoms with van der Waals surface area (Å²) in [5, 5.41) is 9.29. The Morgan fingerprint density at radius 3 is 2.65 bits per heavy atom. The number of azo groups is 2. The van der Waals surface area contributed by atoms with Gasteiger partial charge in [0.2, 0.25) is 0 Å². The van der Waals surface area contributed by atoms with Crippen molar-refractivity contribution in [2.24, 2.45) is 10.1 Å². The number of aliphatic imine (C=N–C) groups is 1. The maximum atomic E-state index is 6.83. The van der Waals surface area contributed by atoms with Crippen molar-refractivity contribution in [2.45, 2.75) is 76.0 Å². The zero-order chi connectivity index (χ0) is 12.5. The minimum absolute atomic E-state index is 0.330. The number of rotatable bonds is 2. The minimum Gasteiger partial charge on any atom is -0.497 e. The molecule has 2 aliphatic carbocycles. The lowest BCUT2D eigenvalue weighted by atomic mass is 9.89. The fraction of sp³-hybridized carbons (Fsp3) is 0.923. The third-order valence-corrected chi connectivity index (χ3v) is 4.45. The SMILES string of the molecule is [2H]OC(C)=NC1CCC([N+]2=NC3CCC2CC3)C1. The molecule has 2 bridgehead atoms. The van der Waals surface area contributed by atoms with Crippen LogP contribution >= 0.6 is 0 Å². The summed E-state index contributed by atoms with van der Waals surface area (Å²) in [4.78, 5) is 4.44. The molecule has 4 aliphatic rings. The van der Waals surface area contributed by atoms with Crippen molar-refractivity contribution >= 4 is 5.90 Å². The van der Waals surface area contributed by atoms with Gasteiger partial charge in [-0.25, -0.2) is 0 Å². The Balaban J connectivity index is 1.66. The highest BCUT2D eigenvalue weighted by Gasteiger charge is 2.43. The van der Waals surface area contributed by atoms with E-state index in [2.05, 4.69) is 14.8 Å². The van der Waals surface area contributed by atoms with Crippen LogP contribution < -0.4 is 0 Å². The molecule has 2 heterocycles. The fourth-order valence-electron chi connectivity index (χ4n) is 3.66. The van der Waals surface area contributed by atoms with Gasteiger partial charge in [0.05, 0.1) is 6.04 Å². The van der Waals surface area contributed by atoms with E-state index in [9.17, 15) is 0 Å².